The third-order valence-corrected chi connectivity index (χ3v) is 2.66. The van der Waals surface area contributed by atoms with Gasteiger partial charge in [-0.1, -0.05) is 0 Å². The first-order valence-corrected chi connectivity index (χ1v) is 5.33. The van der Waals surface area contributed by atoms with Crippen molar-refractivity contribution in [1.29, 1.82) is 0 Å². The summed E-state index contributed by atoms with van der Waals surface area (Å²) < 4.78 is 6.76. The highest BCUT2D eigenvalue weighted by atomic mass is 16.5. The molecule has 0 spiro atoms. The Labute approximate surface area is 98.2 Å². The van der Waals surface area contributed by atoms with Crippen molar-refractivity contribution in [1.82, 2.24) is 19.6 Å². The molecule has 2 aromatic heterocycles. The molecular weight excluding hydrogens is 222 g/mol. The molecule has 3 N–H and O–H groups in total. The SMILES string of the molecule is COC(CO)CCc1cnc2c(N)ncnn12. The van der Waals surface area contributed by atoms with Crippen molar-refractivity contribution >= 4 is 11.5 Å². The second-order valence-corrected chi connectivity index (χ2v) is 3.71. The number of rotatable bonds is 5. The number of aliphatic hydroxyl groups excluding tert-OH is 1. The largest absolute Gasteiger partial charge is 0.394 e. The van der Waals surface area contributed by atoms with Crippen LogP contribution in [0.2, 0.25) is 0 Å². The van der Waals surface area contributed by atoms with Crippen LogP contribution < -0.4 is 5.73 Å². The molecule has 1 unspecified atom stereocenters. The molecule has 1 atom stereocenters. The number of hydrogen-bond donors (Lipinski definition) is 2. The van der Waals surface area contributed by atoms with Crippen LogP contribution in [0, 0.1) is 0 Å². The Morgan fingerprint density at radius 3 is 3.06 bits per heavy atom. The number of aromatic nitrogens is 4. The Morgan fingerprint density at radius 1 is 1.53 bits per heavy atom. The Hall–Kier alpha value is -1.73. The highest BCUT2D eigenvalue weighted by Crippen LogP contribution is 2.12. The molecule has 0 aromatic carbocycles. The van der Waals surface area contributed by atoms with Gasteiger partial charge in [-0.3, -0.25) is 0 Å². The molecule has 92 valence electrons. The number of nitrogens with zero attached hydrogens (tertiary/aromatic N) is 4. The van der Waals surface area contributed by atoms with E-state index in [1.807, 2.05) is 0 Å². The lowest BCUT2D eigenvalue weighted by atomic mass is 10.2. The van der Waals surface area contributed by atoms with E-state index in [1.165, 1.54) is 6.33 Å². The summed E-state index contributed by atoms with van der Waals surface area (Å²) >= 11 is 0. The van der Waals surface area contributed by atoms with E-state index in [1.54, 1.807) is 17.8 Å². The van der Waals surface area contributed by atoms with Gasteiger partial charge in [-0.25, -0.2) is 14.5 Å². The summed E-state index contributed by atoms with van der Waals surface area (Å²) in [7, 11) is 1.58. The zero-order valence-corrected chi connectivity index (χ0v) is 9.58. The van der Waals surface area contributed by atoms with Crippen LogP contribution in [0.3, 0.4) is 0 Å². The van der Waals surface area contributed by atoms with E-state index < -0.39 is 0 Å². The number of fused-ring (bicyclic) bond motifs is 1. The summed E-state index contributed by atoms with van der Waals surface area (Å²) in [4.78, 5) is 8.02. The minimum atomic E-state index is -0.167. The molecule has 0 bridgehead atoms. The average Bonchev–Trinajstić information content (AvgIpc) is 2.75. The Bertz CT molecular complexity index is 494. The zero-order valence-electron chi connectivity index (χ0n) is 9.58. The zero-order chi connectivity index (χ0) is 12.3. The van der Waals surface area contributed by atoms with Crippen molar-refractivity contribution in [3.8, 4) is 0 Å². The fraction of sp³-hybridized carbons (Fsp3) is 0.500. The quantitative estimate of drug-likeness (QED) is 0.737. The normalized spacial score (nSPS) is 13.1. The molecule has 0 fully saturated rings. The number of anilines is 1. The van der Waals surface area contributed by atoms with Gasteiger partial charge < -0.3 is 15.6 Å². The summed E-state index contributed by atoms with van der Waals surface area (Å²) in [6.07, 6.45) is 4.35. The summed E-state index contributed by atoms with van der Waals surface area (Å²) in [6, 6.07) is 0. The van der Waals surface area contributed by atoms with Gasteiger partial charge in [-0.2, -0.15) is 5.10 Å². The molecule has 2 rings (SSSR count). The summed E-state index contributed by atoms with van der Waals surface area (Å²) in [5.41, 5.74) is 7.16. The van der Waals surface area contributed by atoms with Gasteiger partial charge in [0.05, 0.1) is 24.6 Å². The molecule has 7 heteroatoms. The van der Waals surface area contributed by atoms with Crippen LogP contribution in [0.25, 0.3) is 5.65 Å². The fourth-order valence-corrected chi connectivity index (χ4v) is 1.64. The number of methoxy groups -OCH3 is 1. The monoisotopic (exact) mass is 237 g/mol. The summed E-state index contributed by atoms with van der Waals surface area (Å²) in [6.45, 7) is 0.00432. The van der Waals surface area contributed by atoms with Gasteiger partial charge in [0, 0.05) is 7.11 Å². The van der Waals surface area contributed by atoms with Crippen molar-refractivity contribution < 1.29 is 9.84 Å². The van der Waals surface area contributed by atoms with Gasteiger partial charge in [0.15, 0.2) is 11.5 Å². The second kappa shape index (κ2) is 5.07. The predicted molar refractivity (Wildman–Crippen MR) is 61.4 cm³/mol. The van der Waals surface area contributed by atoms with Crippen molar-refractivity contribution in [2.24, 2.45) is 0 Å². The lowest BCUT2D eigenvalue weighted by Crippen LogP contribution is -2.16. The first-order chi connectivity index (χ1) is 8.26. The first kappa shape index (κ1) is 11.7. The standard InChI is InChI=1S/C10H15N5O2/c1-17-8(5-16)3-2-7-4-12-10-9(11)13-6-14-15(7)10/h4,6,8,16H,2-3,5H2,1H3,(H2,11,13,14). The number of aliphatic hydroxyl groups is 1. The molecular formula is C10H15N5O2. The van der Waals surface area contributed by atoms with E-state index in [4.69, 9.17) is 15.6 Å². The first-order valence-electron chi connectivity index (χ1n) is 5.33. The number of hydrogen-bond acceptors (Lipinski definition) is 6. The lowest BCUT2D eigenvalue weighted by molar-refractivity contribution is 0.0433. The van der Waals surface area contributed by atoms with Crippen LogP contribution in [0.5, 0.6) is 0 Å². The number of nitrogens with two attached hydrogens (primary N) is 1. The van der Waals surface area contributed by atoms with E-state index in [0.717, 1.165) is 5.69 Å². The number of aryl methyl sites for hydroxylation is 1. The van der Waals surface area contributed by atoms with Crippen LogP contribution in [0.15, 0.2) is 12.5 Å². The molecule has 0 saturated carbocycles. The number of nitrogen functional groups attached to an aromatic ring is 1. The van der Waals surface area contributed by atoms with Crippen molar-refractivity contribution in [3.05, 3.63) is 18.2 Å². The molecule has 17 heavy (non-hydrogen) atoms. The molecule has 2 heterocycles. The van der Waals surface area contributed by atoms with Gasteiger partial charge in [-0.15, -0.1) is 0 Å². The maximum absolute atomic E-state index is 9.02. The van der Waals surface area contributed by atoms with Gasteiger partial charge in [0.25, 0.3) is 0 Å². The van der Waals surface area contributed by atoms with Crippen LogP contribution in [-0.4, -0.2) is 44.5 Å². The average molecular weight is 237 g/mol. The molecule has 0 aliphatic heterocycles. The molecule has 0 aliphatic carbocycles. The molecule has 0 radical (unpaired) electrons. The maximum Gasteiger partial charge on any atom is 0.196 e. The molecule has 0 saturated heterocycles. The third-order valence-electron chi connectivity index (χ3n) is 2.66. The topological polar surface area (TPSA) is 98.6 Å². The fourth-order valence-electron chi connectivity index (χ4n) is 1.64. The minimum Gasteiger partial charge on any atom is -0.394 e. The summed E-state index contributed by atoms with van der Waals surface area (Å²) in [5, 5.41) is 13.1. The van der Waals surface area contributed by atoms with Crippen molar-refractivity contribution in [2.45, 2.75) is 18.9 Å². The Morgan fingerprint density at radius 2 is 2.35 bits per heavy atom. The van der Waals surface area contributed by atoms with E-state index >= 15 is 0 Å². The van der Waals surface area contributed by atoms with Gasteiger partial charge in [-0.05, 0) is 12.8 Å². The minimum absolute atomic E-state index is 0.00432. The van der Waals surface area contributed by atoms with Crippen LogP contribution >= 0.6 is 0 Å². The molecule has 0 amide bonds. The van der Waals surface area contributed by atoms with Gasteiger partial charge in [0.1, 0.15) is 6.33 Å². The molecule has 2 aromatic rings. The maximum atomic E-state index is 9.02. The third kappa shape index (κ3) is 2.34. The smallest absolute Gasteiger partial charge is 0.196 e. The van der Waals surface area contributed by atoms with E-state index in [-0.39, 0.29) is 12.7 Å². The highest BCUT2D eigenvalue weighted by Gasteiger charge is 2.11. The van der Waals surface area contributed by atoms with Crippen molar-refractivity contribution in [3.63, 3.8) is 0 Å². The summed E-state index contributed by atoms with van der Waals surface area (Å²) in [5.74, 6) is 0.358. The van der Waals surface area contributed by atoms with Gasteiger partial charge >= 0.3 is 0 Å². The van der Waals surface area contributed by atoms with E-state index in [0.29, 0.717) is 24.3 Å². The lowest BCUT2D eigenvalue weighted by Gasteiger charge is -2.10. The van der Waals surface area contributed by atoms with E-state index in [9.17, 15) is 0 Å². The Balaban J connectivity index is 2.17. The van der Waals surface area contributed by atoms with Crippen LogP contribution in [-0.2, 0) is 11.2 Å². The van der Waals surface area contributed by atoms with Gasteiger partial charge in [0.2, 0.25) is 0 Å². The predicted octanol–water partition coefficient (Wildman–Crippen LogP) is -0.354. The highest BCUT2D eigenvalue weighted by molar-refractivity contribution is 5.58. The second-order valence-electron chi connectivity index (χ2n) is 3.71. The molecule has 7 nitrogen and oxygen atoms in total. The number of imidazole rings is 1. The Kier molecular flexibility index (Phi) is 3.50. The van der Waals surface area contributed by atoms with Crippen LogP contribution in [0.1, 0.15) is 12.1 Å². The number of ether oxygens (including phenoxy) is 1. The van der Waals surface area contributed by atoms with E-state index in [2.05, 4.69) is 15.1 Å². The van der Waals surface area contributed by atoms with Crippen molar-refractivity contribution in [2.75, 3.05) is 19.5 Å². The molecule has 0 aliphatic rings. The van der Waals surface area contributed by atoms with Crippen LogP contribution in [0.4, 0.5) is 5.82 Å².